The monoisotopic (exact) mass is 279 g/mol. The van der Waals surface area contributed by atoms with E-state index < -0.39 is 0 Å². The summed E-state index contributed by atoms with van der Waals surface area (Å²) < 4.78 is 0. The summed E-state index contributed by atoms with van der Waals surface area (Å²) in [6.07, 6.45) is 1.10. The number of rotatable bonds is 8. The summed E-state index contributed by atoms with van der Waals surface area (Å²) in [4.78, 5) is 12.9. The van der Waals surface area contributed by atoms with Crippen molar-refractivity contribution in [2.75, 3.05) is 29.9 Å². The molecular weight excluding hydrogens is 254 g/mol. The van der Waals surface area contributed by atoms with Crippen molar-refractivity contribution in [3.8, 4) is 0 Å². The first-order valence-corrected chi connectivity index (χ1v) is 7.30. The molecule has 0 radical (unpaired) electrons. The molecule has 1 unspecified atom stereocenters. The van der Waals surface area contributed by atoms with Gasteiger partial charge in [-0.25, -0.2) is 0 Å². The van der Waals surface area contributed by atoms with Crippen LogP contribution >= 0.6 is 0 Å². The first-order valence-electron chi connectivity index (χ1n) is 7.30. The Bertz CT molecular complexity index is 449. The van der Waals surface area contributed by atoms with E-state index in [1.807, 2.05) is 13.0 Å². The first-order chi connectivity index (χ1) is 9.51. The van der Waals surface area contributed by atoms with Crippen molar-refractivity contribution in [3.63, 3.8) is 0 Å². The summed E-state index contributed by atoms with van der Waals surface area (Å²) in [7, 11) is 0. The second-order valence-electron chi connectivity index (χ2n) is 5.08. The number of nitro benzene ring substituents is 1. The van der Waals surface area contributed by atoms with Gasteiger partial charge in [0, 0.05) is 43.1 Å². The van der Waals surface area contributed by atoms with Crippen molar-refractivity contribution >= 4 is 17.1 Å². The Kier molecular flexibility index (Phi) is 6.28. The number of non-ortho nitro benzene ring substituents is 1. The van der Waals surface area contributed by atoms with Gasteiger partial charge in [-0.15, -0.1) is 0 Å². The molecule has 0 amide bonds. The zero-order valence-electron chi connectivity index (χ0n) is 12.8. The van der Waals surface area contributed by atoms with Gasteiger partial charge in [0.15, 0.2) is 0 Å². The number of benzene rings is 1. The Labute approximate surface area is 121 Å². The molecule has 0 spiro atoms. The maximum absolute atomic E-state index is 11.1. The third kappa shape index (κ3) is 4.40. The molecule has 1 aromatic rings. The lowest BCUT2D eigenvalue weighted by Gasteiger charge is -2.26. The van der Waals surface area contributed by atoms with Crippen LogP contribution in [-0.4, -0.2) is 24.6 Å². The molecule has 1 rings (SSSR count). The molecule has 0 aliphatic rings. The zero-order chi connectivity index (χ0) is 15.1. The number of nitro groups is 1. The zero-order valence-corrected chi connectivity index (χ0v) is 12.8. The molecule has 5 heteroatoms. The summed E-state index contributed by atoms with van der Waals surface area (Å²) in [5.74, 6) is 0.566. The molecule has 0 bridgehead atoms. The summed E-state index contributed by atoms with van der Waals surface area (Å²) in [6.45, 7) is 10.9. The van der Waals surface area contributed by atoms with Gasteiger partial charge in [0.1, 0.15) is 0 Å². The van der Waals surface area contributed by atoms with Gasteiger partial charge in [-0.3, -0.25) is 10.1 Å². The number of hydrogen-bond donors (Lipinski definition) is 1. The average Bonchev–Trinajstić information content (AvgIpc) is 2.44. The van der Waals surface area contributed by atoms with Crippen molar-refractivity contribution in [1.29, 1.82) is 0 Å². The van der Waals surface area contributed by atoms with Crippen LogP contribution in [0.2, 0.25) is 0 Å². The maximum Gasteiger partial charge on any atom is 0.273 e. The normalized spacial score (nSPS) is 12.0. The van der Waals surface area contributed by atoms with Crippen LogP contribution in [0.4, 0.5) is 17.1 Å². The second kappa shape index (κ2) is 7.72. The predicted octanol–water partition coefficient (Wildman–Crippen LogP) is 3.90. The summed E-state index contributed by atoms with van der Waals surface area (Å²) >= 11 is 0. The van der Waals surface area contributed by atoms with E-state index in [1.165, 1.54) is 0 Å². The lowest BCUT2D eigenvalue weighted by Crippen LogP contribution is -2.28. The van der Waals surface area contributed by atoms with E-state index in [0.29, 0.717) is 5.92 Å². The van der Waals surface area contributed by atoms with E-state index in [1.54, 1.807) is 12.1 Å². The SMILES string of the molecule is CCNc1cc(N(CC)CC(C)CC)cc([N+](=O)[O-])c1. The molecule has 20 heavy (non-hydrogen) atoms. The molecule has 0 heterocycles. The molecule has 0 fully saturated rings. The Hall–Kier alpha value is -1.78. The summed E-state index contributed by atoms with van der Waals surface area (Å²) in [5, 5.41) is 14.2. The van der Waals surface area contributed by atoms with E-state index >= 15 is 0 Å². The van der Waals surface area contributed by atoms with Gasteiger partial charge in [-0.2, -0.15) is 0 Å². The molecule has 1 N–H and O–H groups in total. The van der Waals surface area contributed by atoms with Crippen LogP contribution in [-0.2, 0) is 0 Å². The van der Waals surface area contributed by atoms with E-state index in [9.17, 15) is 10.1 Å². The third-order valence-electron chi connectivity index (χ3n) is 3.47. The average molecular weight is 279 g/mol. The molecule has 1 atom stereocenters. The van der Waals surface area contributed by atoms with Crippen molar-refractivity contribution in [2.24, 2.45) is 5.92 Å². The highest BCUT2D eigenvalue weighted by Crippen LogP contribution is 2.27. The first kappa shape index (κ1) is 16.3. The molecule has 0 aromatic heterocycles. The number of anilines is 2. The van der Waals surface area contributed by atoms with Crippen LogP contribution in [0.5, 0.6) is 0 Å². The standard InChI is InChI=1S/C15H25N3O2/c1-5-12(4)11-17(7-3)14-8-13(16-6-2)9-15(10-14)18(19)20/h8-10,12,16H,5-7,11H2,1-4H3. The Morgan fingerprint density at radius 1 is 1.30 bits per heavy atom. The molecule has 112 valence electrons. The second-order valence-corrected chi connectivity index (χ2v) is 5.08. The van der Waals surface area contributed by atoms with Crippen LogP contribution in [0.1, 0.15) is 34.1 Å². The predicted molar refractivity (Wildman–Crippen MR) is 84.6 cm³/mol. The third-order valence-corrected chi connectivity index (χ3v) is 3.47. The lowest BCUT2D eigenvalue weighted by atomic mass is 10.1. The number of nitrogens with zero attached hydrogens (tertiary/aromatic N) is 2. The Morgan fingerprint density at radius 3 is 2.50 bits per heavy atom. The minimum atomic E-state index is -0.332. The van der Waals surface area contributed by atoms with Crippen molar-refractivity contribution in [1.82, 2.24) is 0 Å². The summed E-state index contributed by atoms with van der Waals surface area (Å²) in [5.41, 5.74) is 1.86. The van der Waals surface area contributed by atoms with E-state index in [0.717, 1.165) is 37.4 Å². The fourth-order valence-corrected chi connectivity index (χ4v) is 2.11. The lowest BCUT2D eigenvalue weighted by molar-refractivity contribution is -0.384. The van der Waals surface area contributed by atoms with Crippen LogP contribution < -0.4 is 10.2 Å². The number of hydrogen-bond acceptors (Lipinski definition) is 4. The van der Waals surface area contributed by atoms with Crippen molar-refractivity contribution < 1.29 is 4.92 Å². The van der Waals surface area contributed by atoms with Gasteiger partial charge >= 0.3 is 0 Å². The van der Waals surface area contributed by atoms with Gasteiger partial charge < -0.3 is 10.2 Å². The van der Waals surface area contributed by atoms with Crippen LogP contribution in [0.3, 0.4) is 0 Å². The van der Waals surface area contributed by atoms with E-state index in [2.05, 4.69) is 31.0 Å². The van der Waals surface area contributed by atoms with Crippen LogP contribution in [0.15, 0.2) is 18.2 Å². The van der Waals surface area contributed by atoms with Crippen molar-refractivity contribution in [2.45, 2.75) is 34.1 Å². The van der Waals surface area contributed by atoms with E-state index in [-0.39, 0.29) is 10.6 Å². The van der Waals surface area contributed by atoms with Gasteiger partial charge in [0.05, 0.1) is 4.92 Å². The topological polar surface area (TPSA) is 58.4 Å². The fourth-order valence-electron chi connectivity index (χ4n) is 2.11. The highest BCUT2D eigenvalue weighted by atomic mass is 16.6. The van der Waals surface area contributed by atoms with Gasteiger partial charge in [-0.1, -0.05) is 20.3 Å². The smallest absolute Gasteiger partial charge is 0.273 e. The molecule has 0 aliphatic carbocycles. The summed E-state index contributed by atoms with van der Waals surface area (Å²) in [6, 6.07) is 5.24. The molecular formula is C15H25N3O2. The largest absolute Gasteiger partial charge is 0.385 e. The van der Waals surface area contributed by atoms with E-state index in [4.69, 9.17) is 0 Å². The van der Waals surface area contributed by atoms with Gasteiger partial charge in [0.25, 0.3) is 5.69 Å². The molecule has 0 aliphatic heterocycles. The van der Waals surface area contributed by atoms with Gasteiger partial charge in [-0.05, 0) is 25.8 Å². The van der Waals surface area contributed by atoms with Crippen LogP contribution in [0.25, 0.3) is 0 Å². The fraction of sp³-hybridized carbons (Fsp3) is 0.600. The highest BCUT2D eigenvalue weighted by molar-refractivity contribution is 5.64. The maximum atomic E-state index is 11.1. The Balaban J connectivity index is 3.09. The quantitative estimate of drug-likeness (QED) is 0.579. The minimum absolute atomic E-state index is 0.140. The minimum Gasteiger partial charge on any atom is -0.385 e. The molecule has 1 aromatic carbocycles. The molecule has 0 saturated heterocycles. The van der Waals surface area contributed by atoms with Gasteiger partial charge in [0.2, 0.25) is 0 Å². The van der Waals surface area contributed by atoms with Crippen LogP contribution in [0, 0.1) is 16.0 Å². The Morgan fingerprint density at radius 2 is 2.00 bits per heavy atom. The highest BCUT2D eigenvalue weighted by Gasteiger charge is 2.14. The molecule has 5 nitrogen and oxygen atoms in total. The number of nitrogens with one attached hydrogen (secondary N) is 1. The van der Waals surface area contributed by atoms with Crippen molar-refractivity contribution in [3.05, 3.63) is 28.3 Å². The molecule has 0 saturated carbocycles.